The van der Waals surface area contributed by atoms with Crippen molar-refractivity contribution in [2.45, 2.75) is 19.5 Å². The van der Waals surface area contributed by atoms with Crippen molar-refractivity contribution < 1.29 is 19.4 Å². The zero-order valence-corrected chi connectivity index (χ0v) is 27.4. The van der Waals surface area contributed by atoms with Crippen LogP contribution in [0, 0.1) is 0 Å². The molecule has 2 N–H and O–H groups in total. The Labute approximate surface area is 286 Å². The van der Waals surface area contributed by atoms with Crippen LogP contribution in [0.5, 0.6) is 0 Å². The number of aromatic carboxylic acids is 1. The van der Waals surface area contributed by atoms with Gasteiger partial charge in [0.2, 0.25) is 0 Å². The number of carbonyl (C=O) groups is 2. The number of thiazole rings is 1. The highest BCUT2D eigenvalue weighted by Crippen LogP contribution is 2.31. The number of nitrogens with one attached hydrogen (secondary N) is 1. The number of benzene rings is 3. The van der Waals surface area contributed by atoms with Crippen LogP contribution < -0.4 is 15.1 Å². The Kier molecular flexibility index (Phi) is 8.24. The highest BCUT2D eigenvalue weighted by Gasteiger charge is 2.25. The molecule has 0 saturated carbocycles. The third-order valence-corrected chi connectivity index (χ3v) is 10.0. The quantitative estimate of drug-likeness (QED) is 0.202. The van der Waals surface area contributed by atoms with Gasteiger partial charge in [0.05, 0.1) is 36.2 Å². The first kappa shape index (κ1) is 30.7. The van der Waals surface area contributed by atoms with Crippen LogP contribution in [-0.4, -0.2) is 69.6 Å². The number of hydrogen-bond acceptors (Lipinski definition) is 9. The molecule has 2 aliphatic heterocycles. The van der Waals surface area contributed by atoms with E-state index in [-0.39, 0.29) is 11.6 Å². The molecule has 49 heavy (non-hydrogen) atoms. The van der Waals surface area contributed by atoms with Crippen LogP contribution >= 0.6 is 11.3 Å². The van der Waals surface area contributed by atoms with Gasteiger partial charge in [-0.2, -0.15) is 5.10 Å². The van der Waals surface area contributed by atoms with Crippen LogP contribution in [0.15, 0.2) is 91.3 Å². The van der Waals surface area contributed by atoms with Crippen molar-refractivity contribution in [1.82, 2.24) is 19.7 Å². The second-order valence-corrected chi connectivity index (χ2v) is 13.1. The Morgan fingerprint density at radius 2 is 1.73 bits per heavy atom. The molecule has 0 spiro atoms. The van der Waals surface area contributed by atoms with Crippen molar-refractivity contribution in [2.75, 3.05) is 48.0 Å². The van der Waals surface area contributed by atoms with Crippen LogP contribution in [0.1, 0.15) is 37.5 Å². The first-order chi connectivity index (χ1) is 24.0. The van der Waals surface area contributed by atoms with Crippen LogP contribution in [0.2, 0.25) is 0 Å². The first-order valence-electron chi connectivity index (χ1n) is 16.2. The molecule has 1 saturated heterocycles. The zero-order chi connectivity index (χ0) is 33.3. The third kappa shape index (κ3) is 6.23. The predicted molar refractivity (Wildman–Crippen MR) is 190 cm³/mol. The molecule has 1 amide bonds. The van der Waals surface area contributed by atoms with Gasteiger partial charge in [0.15, 0.2) is 10.8 Å². The van der Waals surface area contributed by atoms with E-state index in [9.17, 15) is 14.7 Å². The van der Waals surface area contributed by atoms with Crippen molar-refractivity contribution in [3.63, 3.8) is 0 Å². The molecule has 0 radical (unpaired) electrons. The largest absolute Gasteiger partial charge is 0.476 e. The fraction of sp³-hybridized carbons (Fsp3) is 0.216. The molecule has 0 aliphatic carbocycles. The second kappa shape index (κ2) is 13.1. The number of hydrogen-bond donors (Lipinski definition) is 2. The molecular weight excluding hydrogens is 639 g/mol. The summed E-state index contributed by atoms with van der Waals surface area (Å²) < 4.78 is 8.37. The van der Waals surface area contributed by atoms with E-state index in [1.165, 1.54) is 11.3 Å². The maximum absolute atomic E-state index is 13.5. The molecule has 8 rings (SSSR count). The number of morpholine rings is 1. The molecule has 0 bridgehead atoms. The maximum atomic E-state index is 13.5. The number of carboxylic acid groups (broad SMARTS) is 1. The van der Waals surface area contributed by atoms with Gasteiger partial charge in [0, 0.05) is 54.8 Å². The number of rotatable bonds is 8. The number of nitrogens with zero attached hydrogens (tertiary/aromatic N) is 6. The Morgan fingerprint density at radius 3 is 2.59 bits per heavy atom. The normalized spacial score (nSPS) is 14.5. The Morgan fingerprint density at radius 1 is 0.898 bits per heavy atom. The van der Waals surface area contributed by atoms with Crippen molar-refractivity contribution >= 4 is 50.1 Å². The van der Waals surface area contributed by atoms with Crippen LogP contribution in [-0.2, 0) is 24.2 Å². The Balaban J connectivity index is 1.02. The fourth-order valence-corrected chi connectivity index (χ4v) is 7.48. The lowest BCUT2D eigenvalue weighted by atomic mass is 9.94. The van der Waals surface area contributed by atoms with E-state index in [0.717, 1.165) is 45.7 Å². The summed E-state index contributed by atoms with van der Waals surface area (Å²) in [5.41, 5.74) is 6.81. The summed E-state index contributed by atoms with van der Waals surface area (Å²) in [5.74, 6) is -0.799. The molecule has 3 aromatic heterocycles. The van der Waals surface area contributed by atoms with Crippen molar-refractivity contribution in [1.29, 1.82) is 0 Å². The van der Waals surface area contributed by atoms with Gasteiger partial charge in [-0.05, 0) is 59.5 Å². The first-order valence-corrected chi connectivity index (χ1v) is 17.0. The summed E-state index contributed by atoms with van der Waals surface area (Å²) in [7, 11) is 0. The lowest BCUT2D eigenvalue weighted by Crippen LogP contribution is -2.36. The lowest BCUT2D eigenvalue weighted by molar-refractivity contribution is 0.0691. The second-order valence-electron chi connectivity index (χ2n) is 12.1. The number of carboxylic acids is 1. The van der Waals surface area contributed by atoms with E-state index in [1.54, 1.807) is 12.3 Å². The molecule has 5 heterocycles. The summed E-state index contributed by atoms with van der Waals surface area (Å²) in [6.07, 6.45) is 4.25. The maximum Gasteiger partial charge on any atom is 0.355 e. The minimum atomic E-state index is -1.12. The predicted octanol–water partition coefficient (Wildman–Crippen LogP) is 5.95. The molecule has 0 atom stereocenters. The number of ether oxygens (including phenoxy) is 1. The molecule has 246 valence electrons. The highest BCUT2D eigenvalue weighted by atomic mass is 32.1. The van der Waals surface area contributed by atoms with Crippen LogP contribution in [0.25, 0.3) is 21.3 Å². The van der Waals surface area contributed by atoms with Gasteiger partial charge in [-0.25, -0.2) is 14.8 Å². The van der Waals surface area contributed by atoms with E-state index in [4.69, 9.17) is 4.74 Å². The molecule has 11 nitrogen and oxygen atoms in total. The van der Waals surface area contributed by atoms with Gasteiger partial charge in [0.25, 0.3) is 5.91 Å². The topological polar surface area (TPSA) is 126 Å². The standard InChI is InChI=1S/C37H33N7O4S/c45-35(41-37-39-30-9-2-4-11-32(30)49-37)28-8-5-7-24-14-15-43(23-29(24)28)33-13-12-27(34(40-33)36(46)47)26-20-38-44(22-26)21-25-6-1-3-10-31(25)42-16-18-48-19-17-42/h1-13,20,22H,14-19,21,23H2,(H,46,47)(H,39,41,45). The van der Waals surface area contributed by atoms with E-state index >= 15 is 0 Å². The summed E-state index contributed by atoms with van der Waals surface area (Å²) in [4.78, 5) is 39.6. The monoisotopic (exact) mass is 671 g/mol. The van der Waals surface area contributed by atoms with Crippen LogP contribution in [0.4, 0.5) is 16.6 Å². The number of fused-ring (bicyclic) bond motifs is 2. The molecule has 1 fully saturated rings. The summed E-state index contributed by atoms with van der Waals surface area (Å²) in [6, 6.07) is 25.5. The van der Waals surface area contributed by atoms with Gasteiger partial charge in [0.1, 0.15) is 5.82 Å². The molecule has 6 aromatic rings. The molecule has 3 aromatic carbocycles. The van der Waals surface area contributed by atoms with Gasteiger partial charge < -0.3 is 19.6 Å². The molecule has 12 heteroatoms. The van der Waals surface area contributed by atoms with Crippen molar-refractivity contribution in [3.8, 4) is 11.1 Å². The van der Waals surface area contributed by atoms with Gasteiger partial charge in [-0.1, -0.05) is 53.8 Å². The average Bonchev–Trinajstić information content (AvgIpc) is 3.78. The molecular formula is C37H33N7O4S. The number of aromatic nitrogens is 4. The third-order valence-electron chi connectivity index (χ3n) is 9.06. The average molecular weight is 672 g/mol. The van der Waals surface area contributed by atoms with E-state index in [2.05, 4.69) is 37.4 Å². The van der Waals surface area contributed by atoms with Gasteiger partial charge >= 0.3 is 5.97 Å². The fourth-order valence-electron chi connectivity index (χ4n) is 6.62. The van der Waals surface area contributed by atoms with Gasteiger partial charge in [-0.15, -0.1) is 0 Å². The lowest BCUT2D eigenvalue weighted by Gasteiger charge is -2.31. The minimum absolute atomic E-state index is 0.0431. The van der Waals surface area contributed by atoms with E-state index < -0.39 is 5.97 Å². The Hall–Kier alpha value is -5.59. The van der Waals surface area contributed by atoms with Crippen molar-refractivity contribution in [2.24, 2.45) is 0 Å². The smallest absolute Gasteiger partial charge is 0.355 e. The van der Waals surface area contributed by atoms with E-state index in [0.29, 0.717) is 66.9 Å². The summed E-state index contributed by atoms with van der Waals surface area (Å²) in [5, 5.41) is 18.4. The number of carbonyl (C=O) groups excluding carboxylic acids is 1. The number of anilines is 3. The Bertz CT molecular complexity index is 2160. The van der Waals surface area contributed by atoms with Crippen molar-refractivity contribution in [3.05, 3.63) is 119 Å². The van der Waals surface area contributed by atoms with E-state index in [1.807, 2.05) is 76.4 Å². The molecule has 2 aliphatic rings. The SMILES string of the molecule is O=C(Nc1nc2ccccc2s1)c1cccc2c1CN(c1ccc(-c3cnn(Cc4ccccc4N4CCOCC4)c3)c(C(=O)O)n1)CC2. The number of pyridine rings is 1. The van der Waals surface area contributed by atoms with Gasteiger partial charge in [-0.3, -0.25) is 14.8 Å². The van der Waals surface area contributed by atoms with Crippen LogP contribution in [0.3, 0.4) is 0 Å². The number of para-hydroxylation sites is 2. The number of amides is 1. The summed E-state index contributed by atoms with van der Waals surface area (Å²) in [6.45, 7) is 4.68. The highest BCUT2D eigenvalue weighted by molar-refractivity contribution is 7.22. The summed E-state index contributed by atoms with van der Waals surface area (Å²) >= 11 is 1.44. The minimum Gasteiger partial charge on any atom is -0.476 e. The zero-order valence-electron chi connectivity index (χ0n) is 26.6. The molecule has 0 unspecified atom stereocenters.